The first kappa shape index (κ1) is 20.4. The molecular weight excluding hydrogens is 350 g/mol. The number of nitrogens with one attached hydrogen (secondary N) is 2. The molecule has 1 aromatic heterocycles. The van der Waals surface area contributed by atoms with Gasteiger partial charge in [-0.15, -0.1) is 0 Å². The molecule has 152 valence electrons. The summed E-state index contributed by atoms with van der Waals surface area (Å²) < 4.78 is 8.09. The zero-order valence-corrected chi connectivity index (χ0v) is 16.9. The molecule has 2 aromatic rings. The van der Waals surface area contributed by atoms with E-state index in [4.69, 9.17) is 4.74 Å². The van der Waals surface area contributed by atoms with Gasteiger partial charge in [-0.2, -0.15) is 0 Å². The molecule has 1 aliphatic carbocycles. The first-order chi connectivity index (χ1) is 13.8. The monoisotopic (exact) mass is 383 g/mol. The lowest BCUT2D eigenvalue weighted by molar-refractivity contribution is 0.0468. The van der Waals surface area contributed by atoms with Crippen LogP contribution in [0.5, 0.6) is 0 Å². The number of ether oxygens (including phenoxy) is 1. The summed E-state index contributed by atoms with van der Waals surface area (Å²) in [6.07, 6.45) is 13.8. The van der Waals surface area contributed by atoms with Crippen LogP contribution in [-0.2, 0) is 17.8 Å². The Labute approximate surface area is 168 Å². The molecule has 0 unspecified atom stereocenters. The lowest BCUT2D eigenvalue weighted by Gasteiger charge is -2.17. The van der Waals surface area contributed by atoms with Gasteiger partial charge in [0.2, 0.25) is 0 Å². The van der Waals surface area contributed by atoms with Crippen LogP contribution in [0.3, 0.4) is 0 Å². The van der Waals surface area contributed by atoms with Crippen molar-refractivity contribution in [1.82, 2.24) is 20.2 Å². The van der Waals surface area contributed by atoms with Crippen molar-refractivity contribution in [2.24, 2.45) is 4.99 Å². The van der Waals surface area contributed by atoms with Gasteiger partial charge in [-0.25, -0.2) is 4.98 Å². The van der Waals surface area contributed by atoms with E-state index in [1.54, 1.807) is 13.2 Å². The zero-order chi connectivity index (χ0) is 19.4. The first-order valence-corrected chi connectivity index (χ1v) is 10.4. The maximum absolute atomic E-state index is 6.03. The van der Waals surface area contributed by atoms with Crippen molar-refractivity contribution in [3.05, 3.63) is 54.1 Å². The van der Waals surface area contributed by atoms with Gasteiger partial charge in [-0.05, 0) is 24.0 Å². The summed E-state index contributed by atoms with van der Waals surface area (Å²) in [6, 6.07) is 8.63. The summed E-state index contributed by atoms with van der Waals surface area (Å²) in [4.78, 5) is 8.38. The normalized spacial score (nSPS) is 16.0. The predicted molar refractivity (Wildman–Crippen MR) is 113 cm³/mol. The Morgan fingerprint density at radius 1 is 1.11 bits per heavy atom. The van der Waals surface area contributed by atoms with Gasteiger partial charge in [0.05, 0.1) is 19.0 Å². The molecule has 0 amide bonds. The average Bonchev–Trinajstić information content (AvgIpc) is 3.09. The Balaban J connectivity index is 1.34. The molecule has 6 heteroatoms. The van der Waals surface area contributed by atoms with Crippen molar-refractivity contribution in [1.29, 1.82) is 0 Å². The van der Waals surface area contributed by atoms with Gasteiger partial charge in [0, 0.05) is 39.1 Å². The number of rotatable bonds is 8. The molecule has 0 aliphatic heterocycles. The Bertz CT molecular complexity index is 688. The summed E-state index contributed by atoms with van der Waals surface area (Å²) in [5.41, 5.74) is 2.49. The topological polar surface area (TPSA) is 63.5 Å². The number of hydrogen-bond donors (Lipinski definition) is 2. The average molecular weight is 384 g/mol. The van der Waals surface area contributed by atoms with E-state index in [1.807, 2.05) is 12.5 Å². The maximum Gasteiger partial charge on any atom is 0.191 e. The van der Waals surface area contributed by atoms with Crippen molar-refractivity contribution >= 4 is 5.96 Å². The van der Waals surface area contributed by atoms with E-state index < -0.39 is 0 Å². The van der Waals surface area contributed by atoms with Crippen LogP contribution >= 0.6 is 0 Å². The second kappa shape index (κ2) is 11.5. The molecular formula is C22H33N5O. The second-order valence-electron chi connectivity index (χ2n) is 7.39. The molecule has 2 N–H and O–H groups in total. The fourth-order valence-electron chi connectivity index (χ4n) is 3.56. The predicted octanol–water partition coefficient (Wildman–Crippen LogP) is 3.34. The molecule has 1 aromatic carbocycles. The fourth-order valence-corrected chi connectivity index (χ4v) is 3.56. The minimum Gasteiger partial charge on any atom is -0.376 e. The summed E-state index contributed by atoms with van der Waals surface area (Å²) in [5.74, 6) is 0.812. The highest BCUT2D eigenvalue weighted by Gasteiger charge is 2.12. The van der Waals surface area contributed by atoms with E-state index in [2.05, 4.69) is 49.4 Å². The highest BCUT2D eigenvalue weighted by atomic mass is 16.5. The SMILES string of the molecule is CN=C(NCCOC1CCCCCC1)NCc1ccc(Cn2ccnc2)cc1. The number of guanidine groups is 1. The number of aromatic nitrogens is 2. The Kier molecular flexibility index (Phi) is 8.37. The molecule has 28 heavy (non-hydrogen) atoms. The fraction of sp³-hybridized carbons (Fsp3) is 0.545. The van der Waals surface area contributed by atoms with Crippen molar-refractivity contribution in [2.75, 3.05) is 20.2 Å². The molecule has 0 saturated heterocycles. The smallest absolute Gasteiger partial charge is 0.191 e. The first-order valence-electron chi connectivity index (χ1n) is 10.4. The quantitative estimate of drug-likeness (QED) is 0.318. The zero-order valence-electron chi connectivity index (χ0n) is 16.9. The molecule has 0 spiro atoms. The van der Waals surface area contributed by atoms with Gasteiger partial charge < -0.3 is 19.9 Å². The van der Waals surface area contributed by atoms with E-state index in [0.717, 1.165) is 32.2 Å². The van der Waals surface area contributed by atoms with Crippen LogP contribution in [-0.4, -0.2) is 41.8 Å². The molecule has 6 nitrogen and oxygen atoms in total. The molecule has 1 aliphatic rings. The van der Waals surface area contributed by atoms with Crippen molar-refractivity contribution in [2.45, 2.75) is 57.7 Å². The van der Waals surface area contributed by atoms with E-state index in [1.165, 1.54) is 49.7 Å². The molecule has 0 atom stereocenters. The number of imidazole rings is 1. The molecule has 0 bridgehead atoms. The van der Waals surface area contributed by atoms with Gasteiger partial charge in [0.15, 0.2) is 5.96 Å². The number of hydrogen-bond acceptors (Lipinski definition) is 3. The van der Waals surface area contributed by atoms with Crippen LogP contribution in [0.15, 0.2) is 48.0 Å². The van der Waals surface area contributed by atoms with Crippen LogP contribution < -0.4 is 10.6 Å². The molecule has 3 rings (SSSR count). The van der Waals surface area contributed by atoms with Crippen LogP contribution in [0, 0.1) is 0 Å². The van der Waals surface area contributed by atoms with Crippen LogP contribution in [0.2, 0.25) is 0 Å². The third-order valence-electron chi connectivity index (χ3n) is 5.18. The summed E-state index contributed by atoms with van der Waals surface area (Å²) >= 11 is 0. The van der Waals surface area contributed by atoms with Crippen molar-refractivity contribution in [3.63, 3.8) is 0 Å². The highest BCUT2D eigenvalue weighted by molar-refractivity contribution is 5.79. The second-order valence-corrected chi connectivity index (χ2v) is 7.39. The van der Waals surface area contributed by atoms with E-state index in [0.29, 0.717) is 6.10 Å². The lowest BCUT2D eigenvalue weighted by Crippen LogP contribution is -2.38. The Hall–Kier alpha value is -2.34. The summed E-state index contributed by atoms with van der Waals surface area (Å²) in [5, 5.41) is 6.71. The Morgan fingerprint density at radius 3 is 2.54 bits per heavy atom. The number of aliphatic imine (C=N–C) groups is 1. The van der Waals surface area contributed by atoms with Gasteiger partial charge in [-0.1, -0.05) is 49.9 Å². The minimum atomic E-state index is 0.445. The number of nitrogens with zero attached hydrogens (tertiary/aromatic N) is 3. The van der Waals surface area contributed by atoms with Gasteiger partial charge in [0.1, 0.15) is 0 Å². The van der Waals surface area contributed by atoms with Gasteiger partial charge in [-0.3, -0.25) is 4.99 Å². The molecule has 1 heterocycles. The molecule has 0 radical (unpaired) electrons. The minimum absolute atomic E-state index is 0.445. The van der Waals surface area contributed by atoms with Crippen molar-refractivity contribution in [3.8, 4) is 0 Å². The van der Waals surface area contributed by atoms with Gasteiger partial charge in [0.25, 0.3) is 0 Å². The number of benzene rings is 1. The van der Waals surface area contributed by atoms with Crippen molar-refractivity contribution < 1.29 is 4.74 Å². The maximum atomic E-state index is 6.03. The standard InChI is InChI=1S/C22H33N5O/c1-23-22(25-13-15-28-21-6-4-2-3-5-7-21)26-16-19-8-10-20(11-9-19)17-27-14-12-24-18-27/h8-12,14,18,21H,2-7,13,15-17H2,1H3,(H2,23,25,26). The van der Waals surface area contributed by atoms with E-state index >= 15 is 0 Å². The van der Waals surface area contributed by atoms with Crippen LogP contribution in [0.25, 0.3) is 0 Å². The third kappa shape index (κ3) is 7.00. The molecule has 1 fully saturated rings. The van der Waals surface area contributed by atoms with E-state index in [9.17, 15) is 0 Å². The summed E-state index contributed by atoms with van der Waals surface area (Å²) in [6.45, 7) is 3.10. The molecule has 1 saturated carbocycles. The van der Waals surface area contributed by atoms with Crippen LogP contribution in [0.1, 0.15) is 49.7 Å². The summed E-state index contributed by atoms with van der Waals surface area (Å²) in [7, 11) is 1.80. The largest absolute Gasteiger partial charge is 0.376 e. The Morgan fingerprint density at radius 2 is 1.86 bits per heavy atom. The van der Waals surface area contributed by atoms with Crippen LogP contribution in [0.4, 0.5) is 0 Å². The lowest BCUT2D eigenvalue weighted by atomic mass is 10.1. The third-order valence-corrected chi connectivity index (χ3v) is 5.18. The van der Waals surface area contributed by atoms with E-state index in [-0.39, 0.29) is 0 Å². The highest BCUT2D eigenvalue weighted by Crippen LogP contribution is 2.19. The van der Waals surface area contributed by atoms with Gasteiger partial charge >= 0.3 is 0 Å².